The van der Waals surface area contributed by atoms with Gasteiger partial charge in [-0.1, -0.05) is 6.07 Å². The summed E-state index contributed by atoms with van der Waals surface area (Å²) in [6.07, 6.45) is 7.27. The minimum Gasteiger partial charge on any atom is -0.341 e. The van der Waals surface area contributed by atoms with Crippen molar-refractivity contribution in [2.75, 3.05) is 13.6 Å². The first-order valence-corrected chi connectivity index (χ1v) is 8.50. The van der Waals surface area contributed by atoms with Gasteiger partial charge < -0.3 is 9.30 Å². The first kappa shape index (κ1) is 16.1. The van der Waals surface area contributed by atoms with Crippen molar-refractivity contribution in [1.29, 1.82) is 0 Å². The maximum Gasteiger partial charge on any atom is 0.272 e. The third-order valence-electron chi connectivity index (χ3n) is 4.54. The molecule has 0 aromatic carbocycles. The molecular weight excluding hydrogens is 326 g/mol. The van der Waals surface area contributed by atoms with Crippen LogP contribution in [0.4, 0.5) is 0 Å². The summed E-state index contributed by atoms with van der Waals surface area (Å²) in [4.78, 5) is 18.4. The Kier molecular flexibility index (Phi) is 4.01. The van der Waals surface area contributed by atoms with Crippen LogP contribution >= 0.6 is 0 Å². The number of carbonyl (C=O) groups is 1. The predicted octanol–water partition coefficient (Wildman–Crippen LogP) is 3.28. The summed E-state index contributed by atoms with van der Waals surface area (Å²) in [7, 11) is 1.79. The molecule has 0 fully saturated rings. The highest BCUT2D eigenvalue weighted by molar-refractivity contribution is 5.92. The number of aromatic nitrogens is 4. The van der Waals surface area contributed by atoms with E-state index in [1.807, 2.05) is 35.6 Å². The number of hydrogen-bond donors (Lipinski definition) is 0. The molecule has 4 aromatic heterocycles. The molecule has 0 unspecified atom stereocenters. The zero-order chi connectivity index (χ0) is 18.1. The van der Waals surface area contributed by atoms with E-state index in [-0.39, 0.29) is 5.91 Å². The number of nitrogens with zero attached hydrogens (tertiary/aromatic N) is 5. The number of fused-ring (bicyclic) bond motifs is 1. The first-order valence-electron chi connectivity index (χ1n) is 8.50. The molecule has 4 aromatic rings. The fourth-order valence-electron chi connectivity index (χ4n) is 2.96. The molecule has 6 heteroatoms. The van der Waals surface area contributed by atoms with Gasteiger partial charge in [0.15, 0.2) is 0 Å². The van der Waals surface area contributed by atoms with Crippen LogP contribution in [0.15, 0.2) is 67.3 Å². The van der Waals surface area contributed by atoms with Gasteiger partial charge in [0.2, 0.25) is 0 Å². The van der Waals surface area contributed by atoms with Crippen LogP contribution in [0.1, 0.15) is 17.4 Å². The Labute approximate surface area is 151 Å². The lowest BCUT2D eigenvalue weighted by molar-refractivity contribution is 0.0793. The summed E-state index contributed by atoms with van der Waals surface area (Å²) in [6.45, 7) is 2.59. The molecular formula is C20H19N5O. The quantitative estimate of drug-likeness (QED) is 0.570. The van der Waals surface area contributed by atoms with Crippen LogP contribution in [0.2, 0.25) is 0 Å². The highest BCUT2D eigenvalue weighted by Gasteiger charge is 2.18. The lowest BCUT2D eigenvalue weighted by atomic mass is 10.1. The van der Waals surface area contributed by atoms with Crippen LogP contribution in [0.25, 0.3) is 22.5 Å². The lowest BCUT2D eigenvalue weighted by Crippen LogP contribution is -2.28. The second-order valence-electron chi connectivity index (χ2n) is 6.09. The van der Waals surface area contributed by atoms with Gasteiger partial charge in [-0.05, 0) is 54.4 Å². The van der Waals surface area contributed by atoms with Crippen LogP contribution in [-0.2, 0) is 0 Å². The van der Waals surface area contributed by atoms with E-state index in [0.29, 0.717) is 12.2 Å². The Bertz CT molecular complexity index is 1060. The van der Waals surface area contributed by atoms with Gasteiger partial charge in [0, 0.05) is 37.7 Å². The van der Waals surface area contributed by atoms with E-state index < -0.39 is 0 Å². The molecule has 4 heterocycles. The van der Waals surface area contributed by atoms with E-state index >= 15 is 0 Å². The zero-order valence-corrected chi connectivity index (χ0v) is 14.7. The van der Waals surface area contributed by atoms with Gasteiger partial charge in [0.05, 0.1) is 6.20 Å². The molecule has 26 heavy (non-hydrogen) atoms. The molecule has 4 rings (SSSR count). The number of hydrogen-bond acceptors (Lipinski definition) is 3. The normalized spacial score (nSPS) is 11.0. The van der Waals surface area contributed by atoms with Crippen LogP contribution in [0.5, 0.6) is 0 Å². The Balaban J connectivity index is 1.84. The Morgan fingerprint density at radius 2 is 1.77 bits per heavy atom. The van der Waals surface area contributed by atoms with Gasteiger partial charge in [-0.15, -0.1) is 0 Å². The van der Waals surface area contributed by atoms with E-state index in [2.05, 4.69) is 28.4 Å². The molecule has 1 amide bonds. The first-order chi connectivity index (χ1) is 12.7. The second-order valence-corrected chi connectivity index (χ2v) is 6.09. The summed E-state index contributed by atoms with van der Waals surface area (Å²) in [5, 5.41) is 4.39. The predicted molar refractivity (Wildman–Crippen MR) is 100 cm³/mol. The topological polar surface area (TPSA) is 55.4 Å². The van der Waals surface area contributed by atoms with Crippen molar-refractivity contribution in [1.82, 2.24) is 24.1 Å². The van der Waals surface area contributed by atoms with Crippen LogP contribution in [0, 0.1) is 0 Å². The third-order valence-corrected chi connectivity index (χ3v) is 4.54. The molecule has 130 valence electrons. The Morgan fingerprint density at radius 1 is 1.00 bits per heavy atom. The maximum absolute atomic E-state index is 12.6. The fourth-order valence-corrected chi connectivity index (χ4v) is 2.96. The Hall–Kier alpha value is -3.41. The van der Waals surface area contributed by atoms with E-state index in [9.17, 15) is 4.79 Å². The maximum atomic E-state index is 12.6. The number of amides is 1. The highest BCUT2D eigenvalue weighted by Crippen LogP contribution is 2.23. The molecule has 6 nitrogen and oxygen atoms in total. The molecule has 0 saturated carbocycles. The summed E-state index contributed by atoms with van der Waals surface area (Å²) in [6, 6.07) is 13.8. The second kappa shape index (κ2) is 6.48. The van der Waals surface area contributed by atoms with Gasteiger partial charge in [0.25, 0.3) is 5.91 Å². The van der Waals surface area contributed by atoms with Crippen molar-refractivity contribution in [3.63, 3.8) is 0 Å². The number of rotatable bonds is 4. The van der Waals surface area contributed by atoms with Crippen molar-refractivity contribution in [2.45, 2.75) is 6.92 Å². The van der Waals surface area contributed by atoms with Gasteiger partial charge in [-0.25, -0.2) is 4.68 Å². The molecule has 0 N–H and O–H groups in total. The third kappa shape index (κ3) is 2.65. The van der Waals surface area contributed by atoms with Gasteiger partial charge in [-0.2, -0.15) is 5.10 Å². The van der Waals surface area contributed by atoms with E-state index in [1.165, 1.54) is 0 Å². The van der Waals surface area contributed by atoms with E-state index in [0.717, 1.165) is 22.5 Å². The van der Waals surface area contributed by atoms with Crippen molar-refractivity contribution < 1.29 is 4.79 Å². The van der Waals surface area contributed by atoms with Crippen molar-refractivity contribution in [3.8, 4) is 16.9 Å². The van der Waals surface area contributed by atoms with Gasteiger partial charge in [-0.3, -0.25) is 9.78 Å². The molecule has 0 saturated heterocycles. The fraction of sp³-hybridized carbons (Fsp3) is 0.150. The summed E-state index contributed by atoms with van der Waals surface area (Å²) >= 11 is 0. The molecule has 0 radical (unpaired) electrons. The molecule has 0 aliphatic carbocycles. The van der Waals surface area contributed by atoms with E-state index in [1.54, 1.807) is 41.3 Å². The van der Waals surface area contributed by atoms with Crippen LogP contribution < -0.4 is 0 Å². The smallest absolute Gasteiger partial charge is 0.272 e. The largest absolute Gasteiger partial charge is 0.341 e. The molecule has 0 atom stereocenters. The van der Waals surface area contributed by atoms with Crippen LogP contribution in [0.3, 0.4) is 0 Å². The van der Waals surface area contributed by atoms with E-state index in [4.69, 9.17) is 0 Å². The average molecular weight is 345 g/mol. The zero-order valence-electron chi connectivity index (χ0n) is 14.7. The standard InChI is InChI=1S/C20H19N5O/c1-3-23(2)20(26)18-10-13-22-25(18)19-7-6-17-5-4-16(14-24(17)19)15-8-11-21-12-9-15/h4-14H,3H2,1-2H3. The summed E-state index contributed by atoms with van der Waals surface area (Å²) < 4.78 is 3.74. The van der Waals surface area contributed by atoms with Crippen molar-refractivity contribution >= 4 is 11.4 Å². The van der Waals surface area contributed by atoms with Crippen molar-refractivity contribution in [3.05, 3.63) is 72.9 Å². The average Bonchev–Trinajstić information content (AvgIpc) is 3.33. The monoisotopic (exact) mass is 345 g/mol. The number of carbonyl (C=O) groups excluding carboxylic acids is 1. The minimum absolute atomic E-state index is 0.0507. The van der Waals surface area contributed by atoms with Gasteiger partial charge >= 0.3 is 0 Å². The van der Waals surface area contributed by atoms with Crippen LogP contribution in [-0.4, -0.2) is 43.6 Å². The lowest BCUT2D eigenvalue weighted by Gasteiger charge is -2.15. The molecule has 0 bridgehead atoms. The highest BCUT2D eigenvalue weighted by atomic mass is 16.2. The van der Waals surface area contributed by atoms with Gasteiger partial charge in [0.1, 0.15) is 11.5 Å². The molecule has 0 aliphatic heterocycles. The minimum atomic E-state index is -0.0507. The SMILES string of the molecule is CCN(C)C(=O)c1ccnn1-c1ccc2ccc(-c3ccncc3)cn12. The molecule has 0 spiro atoms. The number of pyridine rings is 2. The summed E-state index contributed by atoms with van der Waals surface area (Å²) in [5.41, 5.74) is 3.74. The molecule has 0 aliphatic rings. The summed E-state index contributed by atoms with van der Waals surface area (Å²) in [5.74, 6) is 0.777. The van der Waals surface area contributed by atoms with Crippen molar-refractivity contribution in [2.24, 2.45) is 0 Å². The Morgan fingerprint density at radius 3 is 2.54 bits per heavy atom.